The smallest absolute Gasteiger partial charge is 0.227 e. The van der Waals surface area contributed by atoms with Gasteiger partial charge in [-0.15, -0.1) is 0 Å². The van der Waals surface area contributed by atoms with Crippen molar-refractivity contribution in [2.24, 2.45) is 11.3 Å². The van der Waals surface area contributed by atoms with E-state index in [-0.39, 0.29) is 29.2 Å². The van der Waals surface area contributed by atoms with Crippen LogP contribution in [0.5, 0.6) is 5.75 Å². The topological polar surface area (TPSA) is 38.3 Å². The quantitative estimate of drug-likeness (QED) is 0.872. The standard InChI is InChI=1S/C13H11F2NO2/c14-7-1-8(15)11-9(5-18-10(11)2-7)16-12(17)13-3-6(13)4-13/h1-2,6,9H,3-5H2,(H,16,17). The van der Waals surface area contributed by atoms with E-state index in [9.17, 15) is 13.6 Å². The van der Waals surface area contributed by atoms with Crippen LogP contribution in [0.3, 0.4) is 0 Å². The lowest BCUT2D eigenvalue weighted by Gasteiger charge is -2.13. The molecule has 0 spiro atoms. The number of halogens is 2. The minimum atomic E-state index is -0.665. The molecule has 0 bridgehead atoms. The summed E-state index contributed by atoms with van der Waals surface area (Å²) in [6, 6.07) is 1.48. The lowest BCUT2D eigenvalue weighted by Crippen LogP contribution is -2.33. The molecule has 3 nitrogen and oxygen atoms in total. The number of carbonyl (C=O) groups is 1. The van der Waals surface area contributed by atoms with Crippen molar-refractivity contribution in [3.8, 4) is 5.75 Å². The minimum Gasteiger partial charge on any atom is -0.490 e. The van der Waals surface area contributed by atoms with Gasteiger partial charge in [0, 0.05) is 12.1 Å². The van der Waals surface area contributed by atoms with Gasteiger partial charge in [-0.2, -0.15) is 0 Å². The Hall–Kier alpha value is -1.65. The van der Waals surface area contributed by atoms with Crippen molar-refractivity contribution < 1.29 is 18.3 Å². The summed E-state index contributed by atoms with van der Waals surface area (Å²) in [6.45, 7) is 0.169. The maximum atomic E-state index is 13.7. The highest BCUT2D eigenvalue weighted by Gasteiger charge is 2.74. The summed E-state index contributed by atoms with van der Waals surface area (Å²) in [4.78, 5) is 11.9. The van der Waals surface area contributed by atoms with Gasteiger partial charge >= 0.3 is 0 Å². The molecule has 2 fully saturated rings. The van der Waals surface area contributed by atoms with Crippen LogP contribution in [-0.2, 0) is 4.79 Å². The lowest BCUT2D eigenvalue weighted by molar-refractivity contribution is -0.125. The van der Waals surface area contributed by atoms with Crippen LogP contribution in [0.25, 0.3) is 0 Å². The van der Waals surface area contributed by atoms with E-state index in [1.807, 2.05) is 0 Å². The zero-order valence-electron chi connectivity index (χ0n) is 9.50. The van der Waals surface area contributed by atoms with E-state index in [1.54, 1.807) is 0 Å². The van der Waals surface area contributed by atoms with E-state index < -0.39 is 17.7 Å². The van der Waals surface area contributed by atoms with E-state index >= 15 is 0 Å². The molecule has 1 aliphatic heterocycles. The fourth-order valence-corrected chi connectivity index (χ4v) is 2.76. The molecule has 3 aliphatic rings. The molecule has 4 rings (SSSR count). The van der Waals surface area contributed by atoms with Gasteiger partial charge in [-0.25, -0.2) is 8.78 Å². The van der Waals surface area contributed by atoms with Crippen molar-refractivity contribution in [3.63, 3.8) is 0 Å². The number of rotatable bonds is 2. The van der Waals surface area contributed by atoms with Gasteiger partial charge in [-0.3, -0.25) is 4.79 Å². The zero-order valence-corrected chi connectivity index (χ0v) is 9.50. The second-order valence-corrected chi connectivity index (χ2v) is 5.40. The van der Waals surface area contributed by atoms with Crippen LogP contribution in [0.2, 0.25) is 0 Å². The number of carbonyl (C=O) groups excluding carboxylic acids is 1. The van der Waals surface area contributed by atoms with Crippen LogP contribution >= 0.6 is 0 Å². The third-order valence-corrected chi connectivity index (χ3v) is 4.25. The molecular formula is C13H11F2NO2. The fraction of sp³-hybridized carbons (Fsp3) is 0.462. The van der Waals surface area contributed by atoms with Crippen LogP contribution < -0.4 is 10.1 Å². The summed E-state index contributed by atoms with van der Waals surface area (Å²) < 4.78 is 31.9. The van der Waals surface area contributed by atoms with Crippen molar-refractivity contribution in [3.05, 3.63) is 29.3 Å². The molecule has 1 heterocycles. The summed E-state index contributed by atoms with van der Waals surface area (Å²) >= 11 is 0. The van der Waals surface area contributed by atoms with Crippen molar-refractivity contribution in [1.82, 2.24) is 5.32 Å². The largest absolute Gasteiger partial charge is 0.490 e. The summed E-state index contributed by atoms with van der Waals surface area (Å²) in [5.41, 5.74) is 0.109. The van der Waals surface area contributed by atoms with E-state index in [0.717, 1.165) is 25.0 Å². The Bertz CT molecular complexity index is 566. The van der Waals surface area contributed by atoms with Crippen LogP contribution in [0.4, 0.5) is 8.78 Å². The molecule has 1 aromatic carbocycles. The highest BCUT2D eigenvalue weighted by Crippen LogP contribution is 2.75. The molecule has 94 valence electrons. The van der Waals surface area contributed by atoms with Gasteiger partial charge in [0.25, 0.3) is 0 Å². The highest BCUT2D eigenvalue weighted by molar-refractivity contribution is 5.90. The van der Waals surface area contributed by atoms with Crippen molar-refractivity contribution >= 4 is 5.91 Å². The Balaban J connectivity index is 1.60. The van der Waals surface area contributed by atoms with Crippen molar-refractivity contribution in [2.75, 3.05) is 6.61 Å². The van der Waals surface area contributed by atoms with E-state index in [1.165, 1.54) is 0 Å². The summed E-state index contributed by atoms with van der Waals surface area (Å²) in [5, 5.41) is 2.81. The van der Waals surface area contributed by atoms with E-state index in [0.29, 0.717) is 5.92 Å². The van der Waals surface area contributed by atoms with E-state index in [2.05, 4.69) is 5.32 Å². The molecule has 1 aromatic rings. The van der Waals surface area contributed by atoms with Gasteiger partial charge < -0.3 is 10.1 Å². The number of nitrogens with one attached hydrogen (secondary N) is 1. The fourth-order valence-electron chi connectivity index (χ4n) is 2.76. The monoisotopic (exact) mass is 251 g/mol. The molecule has 18 heavy (non-hydrogen) atoms. The van der Waals surface area contributed by atoms with Crippen molar-refractivity contribution in [1.29, 1.82) is 0 Å². The van der Waals surface area contributed by atoms with Crippen LogP contribution in [-0.4, -0.2) is 12.5 Å². The molecular weight excluding hydrogens is 240 g/mol. The highest BCUT2D eigenvalue weighted by atomic mass is 19.1. The Labute approximate surface area is 102 Å². The van der Waals surface area contributed by atoms with Gasteiger partial charge in [0.15, 0.2) is 0 Å². The number of hydrogen-bond acceptors (Lipinski definition) is 2. The lowest BCUT2D eigenvalue weighted by atomic mass is 10.1. The molecule has 2 aliphatic carbocycles. The molecule has 2 saturated carbocycles. The Morgan fingerprint density at radius 3 is 2.78 bits per heavy atom. The first kappa shape index (κ1) is 10.3. The average Bonchev–Trinajstić information content (AvgIpc) is 3.10. The Morgan fingerprint density at radius 1 is 1.39 bits per heavy atom. The minimum absolute atomic E-state index is 0.0160. The first-order valence-electron chi connectivity index (χ1n) is 6.03. The molecule has 1 N–H and O–H groups in total. The molecule has 1 atom stereocenters. The number of fused-ring (bicyclic) bond motifs is 2. The second kappa shape index (κ2) is 3.02. The Morgan fingerprint density at radius 2 is 2.11 bits per heavy atom. The zero-order chi connectivity index (χ0) is 12.5. The average molecular weight is 251 g/mol. The van der Waals surface area contributed by atoms with E-state index in [4.69, 9.17) is 4.74 Å². The van der Waals surface area contributed by atoms with Crippen LogP contribution in [0, 0.1) is 23.0 Å². The molecule has 0 saturated heterocycles. The molecule has 0 aromatic heterocycles. The van der Waals surface area contributed by atoms with Gasteiger partial charge in [-0.05, 0) is 18.8 Å². The number of hydrogen-bond donors (Lipinski definition) is 1. The predicted molar refractivity (Wildman–Crippen MR) is 57.9 cm³/mol. The third kappa shape index (κ3) is 1.24. The SMILES string of the molecule is O=C(NC1COc2cc(F)cc(F)c21)C12CC1C2. The summed E-state index contributed by atoms with van der Waals surface area (Å²) in [6.07, 6.45) is 1.90. The third-order valence-electron chi connectivity index (χ3n) is 4.25. The normalized spacial score (nSPS) is 34.3. The predicted octanol–water partition coefficient (Wildman–Crippen LogP) is 1.92. The molecule has 5 heteroatoms. The maximum Gasteiger partial charge on any atom is 0.227 e. The summed E-state index contributed by atoms with van der Waals surface area (Å²) in [5.74, 6) is -0.608. The first-order valence-corrected chi connectivity index (χ1v) is 6.03. The Kier molecular flexibility index (Phi) is 1.73. The molecule has 1 amide bonds. The van der Waals surface area contributed by atoms with Gasteiger partial charge in [0.05, 0.1) is 17.0 Å². The van der Waals surface area contributed by atoms with Crippen LogP contribution in [0.1, 0.15) is 24.4 Å². The van der Waals surface area contributed by atoms with Gasteiger partial charge in [0.1, 0.15) is 24.0 Å². The second-order valence-electron chi connectivity index (χ2n) is 5.40. The summed E-state index contributed by atoms with van der Waals surface area (Å²) in [7, 11) is 0. The van der Waals surface area contributed by atoms with Crippen molar-refractivity contribution in [2.45, 2.75) is 18.9 Å². The first-order chi connectivity index (χ1) is 8.60. The maximum absolute atomic E-state index is 13.7. The molecule has 1 unspecified atom stereocenters. The molecule has 0 radical (unpaired) electrons. The number of benzene rings is 1. The number of amides is 1. The van der Waals surface area contributed by atoms with Gasteiger partial charge in [0.2, 0.25) is 5.91 Å². The van der Waals surface area contributed by atoms with Crippen LogP contribution in [0.15, 0.2) is 12.1 Å². The van der Waals surface area contributed by atoms with Gasteiger partial charge in [-0.1, -0.05) is 0 Å². The number of ether oxygens (including phenoxy) is 1.